The molecule has 2 aromatic heterocycles. The van der Waals surface area contributed by atoms with Crippen molar-refractivity contribution < 1.29 is 24.2 Å². The summed E-state index contributed by atoms with van der Waals surface area (Å²) in [4.78, 5) is 28.2. The SMILES string of the molecule is CC(C)(C)OC(=O)N1CC2(CCC(OC(=O)C(O)(c3cccs3)c3cccs3)CC2)C1. The third kappa shape index (κ3) is 4.52. The standard InChI is InChI=1S/C23H29NO5S2/c1-21(2,3)29-20(26)24-14-22(15-24)10-8-16(9-11-22)28-19(25)23(27,17-6-4-12-30-17)18-7-5-13-31-18/h4-7,12-13,16,27H,8-11,14-15H2,1-3H3. The van der Waals surface area contributed by atoms with Gasteiger partial charge in [-0.15, -0.1) is 22.7 Å². The van der Waals surface area contributed by atoms with Gasteiger partial charge in [-0.25, -0.2) is 9.59 Å². The second-order valence-electron chi connectivity index (χ2n) is 9.61. The van der Waals surface area contributed by atoms with Gasteiger partial charge in [-0.3, -0.25) is 0 Å². The van der Waals surface area contributed by atoms with Crippen LogP contribution in [0.25, 0.3) is 0 Å². The Morgan fingerprint density at radius 2 is 1.61 bits per heavy atom. The number of hydrogen-bond donors (Lipinski definition) is 1. The summed E-state index contributed by atoms with van der Waals surface area (Å²) in [7, 11) is 0. The average Bonchev–Trinajstić information content (AvgIpc) is 3.39. The highest BCUT2D eigenvalue weighted by Gasteiger charge is 2.50. The summed E-state index contributed by atoms with van der Waals surface area (Å²) < 4.78 is 11.3. The number of nitrogens with zero attached hydrogens (tertiary/aromatic N) is 1. The van der Waals surface area contributed by atoms with Crippen molar-refractivity contribution in [3.8, 4) is 0 Å². The van der Waals surface area contributed by atoms with Crippen molar-refractivity contribution in [1.82, 2.24) is 4.90 Å². The van der Waals surface area contributed by atoms with Gasteiger partial charge in [0.1, 0.15) is 11.7 Å². The summed E-state index contributed by atoms with van der Waals surface area (Å²) in [6.07, 6.45) is 2.77. The fourth-order valence-corrected chi connectivity index (χ4v) is 6.10. The van der Waals surface area contributed by atoms with Gasteiger partial charge in [0.25, 0.3) is 0 Å². The van der Waals surface area contributed by atoms with E-state index in [1.807, 2.05) is 43.7 Å². The smallest absolute Gasteiger partial charge is 0.410 e. The first kappa shape index (κ1) is 22.3. The minimum absolute atomic E-state index is 0.0949. The van der Waals surface area contributed by atoms with Crippen LogP contribution in [0.15, 0.2) is 35.0 Å². The molecule has 1 N–H and O–H groups in total. The molecule has 8 heteroatoms. The Morgan fingerprint density at radius 1 is 1.06 bits per heavy atom. The average molecular weight is 464 g/mol. The summed E-state index contributed by atoms with van der Waals surface area (Å²) in [6, 6.07) is 7.18. The molecule has 4 rings (SSSR count). The van der Waals surface area contributed by atoms with Gasteiger partial charge in [-0.1, -0.05) is 12.1 Å². The number of carbonyl (C=O) groups is 2. The van der Waals surface area contributed by atoms with Gasteiger partial charge in [-0.05, 0) is 69.3 Å². The first-order valence-corrected chi connectivity index (χ1v) is 12.4. The van der Waals surface area contributed by atoms with Crippen molar-refractivity contribution >= 4 is 34.7 Å². The zero-order valence-corrected chi connectivity index (χ0v) is 19.8. The van der Waals surface area contributed by atoms with E-state index >= 15 is 0 Å². The number of hydrogen-bond acceptors (Lipinski definition) is 7. The Kier molecular flexibility index (Phi) is 5.91. The molecule has 2 aliphatic rings. The lowest BCUT2D eigenvalue weighted by Crippen LogP contribution is -2.60. The fourth-order valence-electron chi connectivity index (χ4n) is 4.38. The zero-order chi connectivity index (χ0) is 22.3. The predicted octanol–water partition coefficient (Wildman–Crippen LogP) is 4.77. The van der Waals surface area contributed by atoms with E-state index in [1.54, 1.807) is 17.0 Å². The van der Waals surface area contributed by atoms with Crippen molar-refractivity contribution in [2.24, 2.45) is 5.41 Å². The van der Waals surface area contributed by atoms with E-state index in [0.717, 1.165) is 25.7 Å². The first-order valence-electron chi connectivity index (χ1n) is 10.6. The summed E-state index contributed by atoms with van der Waals surface area (Å²) >= 11 is 2.69. The summed E-state index contributed by atoms with van der Waals surface area (Å²) in [6.45, 7) is 6.99. The van der Waals surface area contributed by atoms with Crippen LogP contribution in [-0.4, -0.2) is 46.9 Å². The molecule has 3 heterocycles. The highest BCUT2D eigenvalue weighted by atomic mass is 32.1. The topological polar surface area (TPSA) is 76.1 Å². The molecule has 0 radical (unpaired) electrons. The molecule has 0 bridgehead atoms. The maximum absolute atomic E-state index is 13.1. The zero-order valence-electron chi connectivity index (χ0n) is 18.1. The van der Waals surface area contributed by atoms with Crippen LogP contribution >= 0.6 is 22.7 Å². The molecule has 31 heavy (non-hydrogen) atoms. The minimum atomic E-state index is -1.76. The quantitative estimate of drug-likeness (QED) is 0.661. The second-order valence-corrected chi connectivity index (χ2v) is 11.5. The number of amides is 1. The fraction of sp³-hybridized carbons (Fsp3) is 0.565. The minimum Gasteiger partial charge on any atom is -0.460 e. The first-order chi connectivity index (χ1) is 14.6. The second kappa shape index (κ2) is 8.22. The maximum Gasteiger partial charge on any atom is 0.410 e. The number of esters is 1. The number of likely N-dealkylation sites (tertiary alicyclic amines) is 1. The van der Waals surface area contributed by atoms with Crippen LogP contribution in [-0.2, 0) is 19.9 Å². The third-order valence-corrected chi connectivity index (χ3v) is 7.98. The van der Waals surface area contributed by atoms with Crippen molar-refractivity contribution in [1.29, 1.82) is 0 Å². The van der Waals surface area contributed by atoms with Crippen molar-refractivity contribution in [3.63, 3.8) is 0 Å². The van der Waals surface area contributed by atoms with Gasteiger partial charge in [0.05, 0.1) is 9.75 Å². The summed E-state index contributed by atoms with van der Waals surface area (Å²) in [5.74, 6) is -0.609. The third-order valence-electron chi connectivity index (χ3n) is 6.02. The molecule has 1 amide bonds. The lowest BCUT2D eigenvalue weighted by Gasteiger charge is -2.53. The number of thiophene rings is 2. The van der Waals surface area contributed by atoms with E-state index in [2.05, 4.69) is 0 Å². The van der Waals surface area contributed by atoms with E-state index in [-0.39, 0.29) is 17.6 Å². The molecular formula is C23H29NO5S2. The molecule has 1 aliphatic carbocycles. The molecule has 0 unspecified atom stereocenters. The van der Waals surface area contributed by atoms with Crippen molar-refractivity contribution in [2.45, 2.75) is 63.8 Å². The Morgan fingerprint density at radius 3 is 2.06 bits per heavy atom. The number of rotatable bonds is 4. The van der Waals surface area contributed by atoms with Crippen LogP contribution in [0.1, 0.15) is 56.2 Å². The molecule has 0 atom stereocenters. The van der Waals surface area contributed by atoms with Crippen LogP contribution in [0.2, 0.25) is 0 Å². The maximum atomic E-state index is 13.1. The van der Waals surface area contributed by atoms with Gasteiger partial charge >= 0.3 is 12.1 Å². The van der Waals surface area contributed by atoms with Gasteiger partial charge in [0.15, 0.2) is 0 Å². The van der Waals surface area contributed by atoms with Crippen LogP contribution < -0.4 is 0 Å². The molecule has 0 aromatic carbocycles. The van der Waals surface area contributed by atoms with Gasteiger partial charge < -0.3 is 19.5 Å². The highest BCUT2D eigenvalue weighted by molar-refractivity contribution is 7.12. The molecule has 6 nitrogen and oxygen atoms in total. The van der Waals surface area contributed by atoms with Crippen molar-refractivity contribution in [2.75, 3.05) is 13.1 Å². The van der Waals surface area contributed by atoms with E-state index < -0.39 is 17.2 Å². The predicted molar refractivity (Wildman–Crippen MR) is 120 cm³/mol. The Balaban J connectivity index is 1.34. The van der Waals surface area contributed by atoms with Crippen LogP contribution in [0, 0.1) is 5.41 Å². The normalized spacial score (nSPS) is 19.2. The van der Waals surface area contributed by atoms with Crippen LogP contribution in [0.3, 0.4) is 0 Å². The number of ether oxygens (including phenoxy) is 2. The molecule has 2 fully saturated rings. The molecule has 1 aliphatic heterocycles. The Labute approximate surface area is 190 Å². The lowest BCUT2D eigenvalue weighted by atomic mass is 9.68. The van der Waals surface area contributed by atoms with Gasteiger partial charge in [0.2, 0.25) is 5.60 Å². The Hall–Kier alpha value is -1.90. The van der Waals surface area contributed by atoms with E-state index in [9.17, 15) is 14.7 Å². The lowest BCUT2D eigenvalue weighted by molar-refractivity contribution is -0.171. The Bertz CT molecular complexity index is 866. The molecule has 1 saturated carbocycles. The molecule has 1 spiro atoms. The van der Waals surface area contributed by atoms with Crippen LogP contribution in [0.4, 0.5) is 4.79 Å². The van der Waals surface area contributed by atoms with E-state index in [0.29, 0.717) is 22.8 Å². The van der Waals surface area contributed by atoms with Gasteiger partial charge in [0, 0.05) is 18.5 Å². The highest BCUT2D eigenvalue weighted by Crippen LogP contribution is 2.45. The van der Waals surface area contributed by atoms with Crippen LogP contribution in [0.5, 0.6) is 0 Å². The van der Waals surface area contributed by atoms with Crippen molar-refractivity contribution in [3.05, 3.63) is 44.8 Å². The molecule has 168 valence electrons. The number of aliphatic hydroxyl groups is 1. The molecular weight excluding hydrogens is 434 g/mol. The largest absolute Gasteiger partial charge is 0.460 e. The number of carbonyl (C=O) groups excluding carboxylic acids is 2. The molecule has 2 aromatic rings. The van der Waals surface area contributed by atoms with Gasteiger partial charge in [-0.2, -0.15) is 0 Å². The summed E-state index contributed by atoms with van der Waals surface area (Å²) in [5, 5.41) is 15.1. The summed E-state index contributed by atoms with van der Waals surface area (Å²) in [5.41, 5.74) is -2.16. The molecule has 1 saturated heterocycles. The van der Waals surface area contributed by atoms with E-state index in [1.165, 1.54) is 22.7 Å². The monoisotopic (exact) mass is 463 g/mol. The van der Waals surface area contributed by atoms with E-state index in [4.69, 9.17) is 9.47 Å².